The molecule has 0 rings (SSSR count). The van der Waals surface area contributed by atoms with E-state index in [4.69, 9.17) is 16.7 Å². The normalized spacial score (nSPS) is 12.9. The van der Waals surface area contributed by atoms with Gasteiger partial charge in [0.05, 0.1) is 12.3 Å². The van der Waals surface area contributed by atoms with Crippen LogP contribution in [-0.2, 0) is 0 Å². The molecule has 0 aromatic rings. The first-order valence-electron chi connectivity index (χ1n) is 2.25. The van der Waals surface area contributed by atoms with Crippen molar-refractivity contribution in [1.82, 2.24) is 5.43 Å². The third-order valence-electron chi connectivity index (χ3n) is 0.808. The number of allylic oxidation sites excluding steroid dienone is 1. The van der Waals surface area contributed by atoms with Crippen molar-refractivity contribution in [2.24, 2.45) is 11.6 Å². The Balaban J connectivity index is 3.86. The first kappa shape index (κ1) is 7.26. The molecule has 0 aromatic carbocycles. The minimum Gasteiger partial charge on any atom is -0.401 e. The number of aliphatic hydroxyl groups excluding tert-OH is 1. The van der Waals surface area contributed by atoms with Gasteiger partial charge in [0.15, 0.2) is 0 Å². The largest absolute Gasteiger partial charge is 0.401 e. The van der Waals surface area contributed by atoms with Crippen molar-refractivity contribution in [3.63, 3.8) is 0 Å². The molecule has 0 amide bonds. The van der Waals surface area contributed by atoms with Gasteiger partial charge in [-0.25, -0.2) is 0 Å². The van der Waals surface area contributed by atoms with Gasteiger partial charge >= 0.3 is 0 Å². The van der Waals surface area contributed by atoms with Gasteiger partial charge in [0.2, 0.25) is 0 Å². The van der Waals surface area contributed by atoms with Crippen molar-refractivity contribution >= 4 is 0 Å². The van der Waals surface area contributed by atoms with E-state index in [1.807, 2.05) is 0 Å². The average molecular weight is 117 g/mol. The molecular weight excluding hydrogens is 106 g/mol. The van der Waals surface area contributed by atoms with Gasteiger partial charge in [-0.05, 0) is 6.92 Å². The van der Waals surface area contributed by atoms with E-state index >= 15 is 0 Å². The third kappa shape index (κ3) is 1.81. The third-order valence-corrected chi connectivity index (χ3v) is 0.808. The fourth-order valence-corrected chi connectivity index (χ4v) is 0.284. The molecule has 0 fully saturated rings. The lowest BCUT2D eigenvalue weighted by Gasteiger charge is -2.02. The van der Waals surface area contributed by atoms with Crippen LogP contribution >= 0.6 is 0 Å². The van der Waals surface area contributed by atoms with Gasteiger partial charge < -0.3 is 16.3 Å². The van der Waals surface area contributed by atoms with E-state index in [-0.39, 0.29) is 6.61 Å². The van der Waals surface area contributed by atoms with Crippen LogP contribution in [0.3, 0.4) is 0 Å². The van der Waals surface area contributed by atoms with Crippen molar-refractivity contribution in [1.29, 1.82) is 0 Å². The summed E-state index contributed by atoms with van der Waals surface area (Å²) >= 11 is 0. The summed E-state index contributed by atoms with van der Waals surface area (Å²) in [6.45, 7) is 1.52. The Hall–Kier alpha value is -0.740. The topological polar surface area (TPSA) is 84.3 Å². The van der Waals surface area contributed by atoms with Gasteiger partial charge in [0.1, 0.15) is 0 Å². The Kier molecular flexibility index (Phi) is 2.98. The molecule has 0 aliphatic carbocycles. The van der Waals surface area contributed by atoms with Crippen LogP contribution in [0.2, 0.25) is 0 Å². The molecule has 6 N–H and O–H groups in total. The predicted octanol–water partition coefficient (Wildman–Crippen LogP) is -1.37. The molecule has 48 valence electrons. The number of rotatable bonds is 2. The lowest BCUT2D eigenvalue weighted by molar-refractivity contribution is 0.320. The molecule has 0 spiro atoms. The van der Waals surface area contributed by atoms with Gasteiger partial charge in [-0.15, -0.1) is 0 Å². The molecule has 0 radical (unpaired) electrons. The summed E-state index contributed by atoms with van der Waals surface area (Å²) in [6, 6.07) is 0. The molecule has 0 heterocycles. The summed E-state index contributed by atoms with van der Waals surface area (Å²) in [5.41, 5.74) is 8.46. The van der Waals surface area contributed by atoms with Crippen molar-refractivity contribution in [2.75, 3.05) is 6.61 Å². The van der Waals surface area contributed by atoms with E-state index in [0.29, 0.717) is 11.4 Å². The molecule has 0 aliphatic rings. The van der Waals surface area contributed by atoms with Crippen molar-refractivity contribution in [3.8, 4) is 0 Å². The highest BCUT2D eigenvalue weighted by Crippen LogP contribution is 1.87. The second kappa shape index (κ2) is 3.29. The predicted molar refractivity (Wildman–Crippen MR) is 31.3 cm³/mol. The smallest absolute Gasteiger partial charge is 0.0858 e. The van der Waals surface area contributed by atoms with Gasteiger partial charge in [-0.3, -0.25) is 5.84 Å². The zero-order chi connectivity index (χ0) is 6.57. The number of nitrogens with two attached hydrogens (primary N) is 2. The van der Waals surface area contributed by atoms with Crippen LogP contribution in [0.4, 0.5) is 0 Å². The SMILES string of the molecule is C/C(N)=C(\CO)NN. The Bertz CT molecular complexity index is 89.5. The lowest BCUT2D eigenvalue weighted by Crippen LogP contribution is -2.26. The highest BCUT2D eigenvalue weighted by molar-refractivity contribution is 5.05. The fraction of sp³-hybridized carbons (Fsp3) is 0.500. The van der Waals surface area contributed by atoms with Crippen LogP contribution in [0.1, 0.15) is 6.92 Å². The van der Waals surface area contributed by atoms with E-state index in [2.05, 4.69) is 5.43 Å². The molecule has 4 heteroatoms. The summed E-state index contributed by atoms with van der Waals surface area (Å²) in [5.74, 6) is 4.94. The molecule has 0 aromatic heterocycles. The average Bonchev–Trinajstić information content (AvgIpc) is 1.69. The zero-order valence-corrected chi connectivity index (χ0v) is 4.81. The second-order valence-corrected chi connectivity index (χ2v) is 1.46. The maximum Gasteiger partial charge on any atom is 0.0858 e. The number of hydrogen-bond donors (Lipinski definition) is 4. The number of aliphatic hydroxyl groups is 1. The highest BCUT2D eigenvalue weighted by Gasteiger charge is 1.91. The molecular formula is C4H11N3O. The van der Waals surface area contributed by atoms with E-state index in [1.54, 1.807) is 6.92 Å². The van der Waals surface area contributed by atoms with Gasteiger partial charge in [0.25, 0.3) is 0 Å². The molecule has 0 aliphatic heterocycles. The van der Waals surface area contributed by atoms with Gasteiger partial charge in [0, 0.05) is 5.70 Å². The van der Waals surface area contributed by atoms with Crippen molar-refractivity contribution in [3.05, 3.63) is 11.4 Å². The Morgan fingerprint density at radius 2 is 2.25 bits per heavy atom. The quantitative estimate of drug-likeness (QED) is 0.265. The molecule has 4 nitrogen and oxygen atoms in total. The summed E-state index contributed by atoms with van der Waals surface area (Å²) in [6.07, 6.45) is 0. The Labute approximate surface area is 48.1 Å². The van der Waals surface area contributed by atoms with Crippen LogP contribution in [0.25, 0.3) is 0 Å². The van der Waals surface area contributed by atoms with E-state index in [1.165, 1.54) is 0 Å². The van der Waals surface area contributed by atoms with Crippen LogP contribution in [0, 0.1) is 0 Å². The van der Waals surface area contributed by atoms with E-state index in [0.717, 1.165) is 0 Å². The molecule has 0 unspecified atom stereocenters. The summed E-state index contributed by atoms with van der Waals surface area (Å²) in [7, 11) is 0. The lowest BCUT2D eigenvalue weighted by atomic mass is 10.4. The molecule has 0 atom stereocenters. The van der Waals surface area contributed by atoms with Crippen LogP contribution in [-0.4, -0.2) is 11.7 Å². The fourth-order valence-electron chi connectivity index (χ4n) is 0.284. The van der Waals surface area contributed by atoms with Crippen LogP contribution in [0.5, 0.6) is 0 Å². The standard InChI is InChI=1S/C4H11N3O/c1-3(5)4(2-8)7-6/h7-8H,2,5-6H2,1H3/b4-3-. The highest BCUT2D eigenvalue weighted by atomic mass is 16.3. The zero-order valence-electron chi connectivity index (χ0n) is 4.81. The monoisotopic (exact) mass is 117 g/mol. The number of hydrogen-bond acceptors (Lipinski definition) is 4. The minimum absolute atomic E-state index is 0.140. The maximum absolute atomic E-state index is 8.42. The maximum atomic E-state index is 8.42. The van der Waals surface area contributed by atoms with Gasteiger partial charge in [-0.2, -0.15) is 0 Å². The molecule has 0 bridgehead atoms. The molecule has 0 saturated carbocycles. The van der Waals surface area contributed by atoms with Crippen molar-refractivity contribution < 1.29 is 5.11 Å². The van der Waals surface area contributed by atoms with Crippen LogP contribution < -0.4 is 17.0 Å². The van der Waals surface area contributed by atoms with Gasteiger partial charge in [-0.1, -0.05) is 0 Å². The van der Waals surface area contributed by atoms with E-state index < -0.39 is 0 Å². The first-order chi connectivity index (χ1) is 3.72. The number of hydrazine groups is 1. The first-order valence-corrected chi connectivity index (χ1v) is 2.25. The molecule has 8 heavy (non-hydrogen) atoms. The summed E-state index contributed by atoms with van der Waals surface area (Å²) in [5, 5.41) is 8.42. The minimum atomic E-state index is -0.140. The Morgan fingerprint density at radius 1 is 1.75 bits per heavy atom. The van der Waals surface area contributed by atoms with Crippen LogP contribution in [0.15, 0.2) is 11.4 Å². The number of nitrogens with one attached hydrogen (secondary N) is 1. The Morgan fingerprint density at radius 3 is 2.25 bits per heavy atom. The summed E-state index contributed by atoms with van der Waals surface area (Å²) in [4.78, 5) is 0. The van der Waals surface area contributed by atoms with Crippen molar-refractivity contribution in [2.45, 2.75) is 6.92 Å². The second-order valence-electron chi connectivity index (χ2n) is 1.46. The molecule has 0 saturated heterocycles. The summed E-state index contributed by atoms with van der Waals surface area (Å²) < 4.78 is 0. The van der Waals surface area contributed by atoms with E-state index in [9.17, 15) is 0 Å².